The summed E-state index contributed by atoms with van der Waals surface area (Å²) in [6, 6.07) is 15.6. The monoisotopic (exact) mass is 414 g/mol. The molecule has 4 amide bonds. The number of amides is 4. The number of imide groups is 1. The van der Waals surface area contributed by atoms with E-state index >= 15 is 0 Å². The Bertz CT molecular complexity index is 921. The van der Waals surface area contributed by atoms with Gasteiger partial charge in [-0.15, -0.1) is 0 Å². The topological polar surface area (TPSA) is 81.8 Å². The lowest BCUT2D eigenvalue weighted by atomic mass is 9.87. The van der Waals surface area contributed by atoms with E-state index in [0.717, 1.165) is 10.5 Å². The first-order valence-electron chi connectivity index (χ1n) is 9.30. The number of anilines is 1. The van der Waals surface area contributed by atoms with Gasteiger partial charge in [-0.2, -0.15) is 0 Å². The minimum atomic E-state index is -1.08. The van der Waals surface area contributed by atoms with Crippen LogP contribution in [0.2, 0.25) is 5.02 Å². The van der Waals surface area contributed by atoms with Gasteiger partial charge in [0.1, 0.15) is 5.54 Å². The molecule has 3 rings (SSSR count). The minimum Gasteiger partial charge on any atom is -0.324 e. The van der Waals surface area contributed by atoms with Gasteiger partial charge in [0, 0.05) is 0 Å². The van der Waals surface area contributed by atoms with Gasteiger partial charge in [0.2, 0.25) is 5.91 Å². The number of halogens is 1. The van der Waals surface area contributed by atoms with Crippen molar-refractivity contribution < 1.29 is 14.4 Å². The highest BCUT2D eigenvalue weighted by atomic mass is 35.5. The van der Waals surface area contributed by atoms with E-state index in [-0.39, 0.29) is 25.0 Å². The fourth-order valence-corrected chi connectivity index (χ4v) is 3.59. The molecule has 0 aromatic heterocycles. The molecule has 0 saturated carbocycles. The smallest absolute Gasteiger partial charge is 0.324 e. The summed E-state index contributed by atoms with van der Waals surface area (Å²) in [7, 11) is 1.67. The molecule has 1 aliphatic rings. The van der Waals surface area contributed by atoms with Gasteiger partial charge in [0.25, 0.3) is 5.91 Å². The highest BCUT2D eigenvalue weighted by Gasteiger charge is 2.51. The highest BCUT2D eigenvalue weighted by molar-refractivity contribution is 6.33. The molecule has 7 nitrogen and oxygen atoms in total. The Morgan fingerprint density at radius 3 is 2.45 bits per heavy atom. The number of urea groups is 1. The zero-order chi connectivity index (χ0) is 21.0. The van der Waals surface area contributed by atoms with Crippen LogP contribution in [0.4, 0.5) is 10.5 Å². The SMILES string of the molecule is CC[C@@]1(c2ccccc2)NC(=O)N(CN(C)CC(=O)Nc2ccccc2Cl)C1=O. The summed E-state index contributed by atoms with van der Waals surface area (Å²) in [5.74, 6) is -0.618. The first-order valence-corrected chi connectivity index (χ1v) is 9.67. The van der Waals surface area contributed by atoms with Crippen molar-refractivity contribution >= 4 is 35.1 Å². The van der Waals surface area contributed by atoms with Crippen molar-refractivity contribution in [1.82, 2.24) is 15.1 Å². The number of nitrogens with zero attached hydrogens (tertiary/aromatic N) is 2. The first kappa shape index (κ1) is 20.8. The Balaban J connectivity index is 1.66. The van der Waals surface area contributed by atoms with E-state index in [1.807, 2.05) is 37.3 Å². The van der Waals surface area contributed by atoms with Crippen molar-refractivity contribution in [3.63, 3.8) is 0 Å². The van der Waals surface area contributed by atoms with Crippen LogP contribution in [0, 0.1) is 0 Å². The first-order chi connectivity index (χ1) is 13.9. The van der Waals surface area contributed by atoms with Gasteiger partial charge in [-0.25, -0.2) is 9.69 Å². The molecule has 152 valence electrons. The lowest BCUT2D eigenvalue weighted by molar-refractivity contribution is -0.133. The number of hydrogen-bond acceptors (Lipinski definition) is 4. The van der Waals surface area contributed by atoms with Crippen LogP contribution in [0.3, 0.4) is 0 Å². The molecule has 8 heteroatoms. The van der Waals surface area contributed by atoms with E-state index in [9.17, 15) is 14.4 Å². The van der Waals surface area contributed by atoms with Gasteiger partial charge in [-0.05, 0) is 31.2 Å². The fraction of sp³-hybridized carbons (Fsp3) is 0.286. The molecule has 1 saturated heterocycles. The van der Waals surface area contributed by atoms with Crippen molar-refractivity contribution in [2.75, 3.05) is 25.6 Å². The van der Waals surface area contributed by atoms with Crippen LogP contribution in [0.15, 0.2) is 54.6 Å². The van der Waals surface area contributed by atoms with Gasteiger partial charge >= 0.3 is 6.03 Å². The Morgan fingerprint density at radius 1 is 1.14 bits per heavy atom. The Hall–Kier alpha value is -2.90. The number of benzene rings is 2. The van der Waals surface area contributed by atoms with E-state index in [4.69, 9.17) is 11.6 Å². The van der Waals surface area contributed by atoms with Crippen LogP contribution < -0.4 is 10.6 Å². The average molecular weight is 415 g/mol. The normalized spacial score (nSPS) is 18.8. The number of hydrogen-bond donors (Lipinski definition) is 2. The number of rotatable bonds is 7. The number of nitrogens with one attached hydrogen (secondary N) is 2. The van der Waals surface area contributed by atoms with Crippen LogP contribution in [-0.2, 0) is 15.1 Å². The standard InChI is InChI=1S/C21H23ClN4O3/c1-3-21(15-9-5-4-6-10-15)19(28)26(20(29)24-21)14-25(2)13-18(27)23-17-12-8-7-11-16(17)22/h4-12H,3,13-14H2,1-2H3,(H,23,27)(H,24,29)/t21-/m0/s1. The molecular weight excluding hydrogens is 392 g/mol. The van der Waals surface area contributed by atoms with Crippen LogP contribution in [-0.4, -0.2) is 47.9 Å². The molecule has 1 atom stereocenters. The largest absolute Gasteiger partial charge is 0.326 e. The molecule has 1 heterocycles. The predicted octanol–water partition coefficient (Wildman–Crippen LogP) is 3.03. The number of likely N-dealkylation sites (N-methyl/N-ethyl adjacent to an activating group) is 1. The maximum Gasteiger partial charge on any atom is 0.326 e. The van der Waals surface area contributed by atoms with E-state index in [1.165, 1.54) is 0 Å². The van der Waals surface area contributed by atoms with Gasteiger partial charge in [0.15, 0.2) is 0 Å². The molecule has 29 heavy (non-hydrogen) atoms. The Labute approximate surface area is 174 Å². The number of carbonyl (C=O) groups is 3. The molecule has 2 aromatic rings. The van der Waals surface area contributed by atoms with E-state index in [1.54, 1.807) is 36.2 Å². The summed E-state index contributed by atoms with van der Waals surface area (Å²) in [6.45, 7) is 1.84. The van der Waals surface area contributed by atoms with E-state index < -0.39 is 11.6 Å². The van der Waals surface area contributed by atoms with Gasteiger partial charge in [-0.3, -0.25) is 14.5 Å². The van der Waals surface area contributed by atoms with Crippen LogP contribution in [0.5, 0.6) is 0 Å². The molecule has 0 bridgehead atoms. The highest BCUT2D eigenvalue weighted by Crippen LogP contribution is 2.32. The van der Waals surface area contributed by atoms with Gasteiger partial charge in [-0.1, -0.05) is 61.0 Å². The van der Waals surface area contributed by atoms with Gasteiger partial charge < -0.3 is 10.6 Å². The van der Waals surface area contributed by atoms with Crippen LogP contribution in [0.25, 0.3) is 0 Å². The second kappa shape index (κ2) is 8.63. The molecule has 2 N–H and O–H groups in total. The fourth-order valence-electron chi connectivity index (χ4n) is 3.41. The molecule has 0 aliphatic carbocycles. The number of para-hydroxylation sites is 1. The summed E-state index contributed by atoms with van der Waals surface area (Å²) in [6.07, 6.45) is 0.425. The quantitative estimate of drug-likeness (QED) is 0.682. The maximum absolute atomic E-state index is 13.1. The zero-order valence-electron chi connectivity index (χ0n) is 16.3. The van der Waals surface area contributed by atoms with Crippen molar-refractivity contribution in [1.29, 1.82) is 0 Å². The van der Waals surface area contributed by atoms with Crippen molar-refractivity contribution in [2.24, 2.45) is 0 Å². The molecule has 0 unspecified atom stereocenters. The van der Waals surface area contributed by atoms with Crippen molar-refractivity contribution in [3.8, 4) is 0 Å². The van der Waals surface area contributed by atoms with Gasteiger partial charge in [0.05, 0.1) is 23.9 Å². The maximum atomic E-state index is 13.1. The third-order valence-electron chi connectivity index (χ3n) is 4.92. The lowest BCUT2D eigenvalue weighted by Gasteiger charge is -2.27. The molecular formula is C21H23ClN4O3. The summed E-state index contributed by atoms with van der Waals surface area (Å²) < 4.78 is 0. The Morgan fingerprint density at radius 2 is 1.79 bits per heavy atom. The predicted molar refractivity (Wildman–Crippen MR) is 111 cm³/mol. The third kappa shape index (κ3) is 4.26. The summed E-state index contributed by atoms with van der Waals surface area (Å²) >= 11 is 6.05. The van der Waals surface area contributed by atoms with Crippen molar-refractivity contribution in [2.45, 2.75) is 18.9 Å². The third-order valence-corrected chi connectivity index (χ3v) is 5.25. The molecule has 1 aliphatic heterocycles. The molecule has 2 aromatic carbocycles. The zero-order valence-corrected chi connectivity index (χ0v) is 17.1. The minimum absolute atomic E-state index is 0.00477. The molecule has 0 radical (unpaired) electrons. The van der Waals surface area contributed by atoms with E-state index in [0.29, 0.717) is 17.1 Å². The molecule has 0 spiro atoms. The average Bonchev–Trinajstić information content (AvgIpc) is 2.95. The summed E-state index contributed by atoms with van der Waals surface area (Å²) in [4.78, 5) is 40.7. The number of carbonyl (C=O) groups excluding carboxylic acids is 3. The lowest BCUT2D eigenvalue weighted by Crippen LogP contribution is -2.45. The van der Waals surface area contributed by atoms with Crippen LogP contribution in [0.1, 0.15) is 18.9 Å². The Kier molecular flexibility index (Phi) is 6.20. The van der Waals surface area contributed by atoms with Crippen molar-refractivity contribution in [3.05, 3.63) is 65.2 Å². The second-order valence-electron chi connectivity index (χ2n) is 6.97. The summed E-state index contributed by atoms with van der Waals surface area (Å²) in [5, 5.41) is 6.00. The van der Waals surface area contributed by atoms with E-state index in [2.05, 4.69) is 10.6 Å². The second-order valence-corrected chi connectivity index (χ2v) is 7.38. The van der Waals surface area contributed by atoms with Crippen LogP contribution >= 0.6 is 11.6 Å². The molecule has 1 fully saturated rings. The summed E-state index contributed by atoms with van der Waals surface area (Å²) in [5.41, 5.74) is 0.165.